The molecule has 4 aliphatic carbocycles. The van der Waals surface area contributed by atoms with Gasteiger partial charge in [0.05, 0.1) is 11.4 Å². The number of hydrogen-bond acceptors (Lipinski definition) is 3. The maximum atomic E-state index is 14.4. The van der Waals surface area contributed by atoms with Gasteiger partial charge in [-0.3, -0.25) is 4.68 Å². The highest BCUT2D eigenvalue weighted by molar-refractivity contribution is 5.68. The molecule has 4 fully saturated rings. The summed E-state index contributed by atoms with van der Waals surface area (Å²) < 4.78 is 16.2. The van der Waals surface area contributed by atoms with E-state index in [4.69, 9.17) is 4.98 Å². The zero-order valence-corrected chi connectivity index (χ0v) is 16.7. The van der Waals surface area contributed by atoms with E-state index in [2.05, 4.69) is 16.1 Å². The fourth-order valence-electron chi connectivity index (χ4n) is 6.65. The van der Waals surface area contributed by atoms with Gasteiger partial charge in [-0.25, -0.2) is 14.4 Å². The highest BCUT2D eigenvalue weighted by atomic mass is 19.1. The Balaban J connectivity index is 1.40. The maximum absolute atomic E-state index is 14.4. The molecule has 29 heavy (non-hydrogen) atoms. The minimum atomic E-state index is -0.285. The molecule has 0 aliphatic heterocycles. The van der Waals surface area contributed by atoms with E-state index in [0.29, 0.717) is 5.82 Å². The summed E-state index contributed by atoms with van der Waals surface area (Å²) in [6.07, 6.45) is 11.7. The monoisotopic (exact) mass is 388 g/mol. The number of benzene rings is 1. The van der Waals surface area contributed by atoms with E-state index in [9.17, 15) is 4.39 Å². The molecule has 0 spiro atoms. The second-order valence-corrected chi connectivity index (χ2v) is 9.57. The summed E-state index contributed by atoms with van der Waals surface area (Å²) in [7, 11) is 1.86. The van der Waals surface area contributed by atoms with Crippen molar-refractivity contribution in [1.29, 1.82) is 0 Å². The SMILES string of the molecule is Cn1ccc(-c2cc(F)cc(-c3nccc(C45CC6CC(CC(C6)C4)C5)n3)c2)n1. The van der Waals surface area contributed by atoms with Crippen LogP contribution in [0.5, 0.6) is 0 Å². The molecule has 2 aromatic heterocycles. The van der Waals surface area contributed by atoms with Crippen LogP contribution in [0.25, 0.3) is 22.6 Å². The smallest absolute Gasteiger partial charge is 0.159 e. The molecule has 3 aromatic rings. The Kier molecular flexibility index (Phi) is 3.71. The van der Waals surface area contributed by atoms with Crippen molar-refractivity contribution in [3.05, 3.63) is 54.2 Å². The lowest BCUT2D eigenvalue weighted by Gasteiger charge is -2.56. The van der Waals surface area contributed by atoms with Crippen molar-refractivity contribution in [3.8, 4) is 22.6 Å². The normalized spacial score (nSPS) is 30.1. The summed E-state index contributed by atoms with van der Waals surface area (Å²) in [4.78, 5) is 9.53. The molecule has 0 N–H and O–H groups in total. The van der Waals surface area contributed by atoms with Gasteiger partial charge in [-0.1, -0.05) is 0 Å². The van der Waals surface area contributed by atoms with Gasteiger partial charge in [-0.2, -0.15) is 5.10 Å². The molecule has 7 rings (SSSR count). The summed E-state index contributed by atoms with van der Waals surface area (Å²) in [5, 5.41) is 4.41. The van der Waals surface area contributed by atoms with E-state index in [0.717, 1.165) is 34.6 Å². The Morgan fingerprint density at radius 3 is 2.31 bits per heavy atom. The van der Waals surface area contributed by atoms with Crippen molar-refractivity contribution >= 4 is 0 Å². The van der Waals surface area contributed by atoms with Crippen LogP contribution in [0.3, 0.4) is 0 Å². The molecule has 148 valence electrons. The molecule has 0 unspecified atom stereocenters. The van der Waals surface area contributed by atoms with E-state index < -0.39 is 0 Å². The standard InChI is InChI=1S/C24H25FN4/c1-29-5-3-21(28-29)18-9-19(11-20(25)10-18)23-26-4-2-22(27-23)24-12-15-6-16(13-24)8-17(7-15)14-24/h2-5,9-11,15-17H,6-8,12-14H2,1H3. The second-order valence-electron chi connectivity index (χ2n) is 9.57. The van der Waals surface area contributed by atoms with Crippen LogP contribution in [0.15, 0.2) is 42.7 Å². The fraction of sp³-hybridized carbons (Fsp3) is 0.458. The third-order valence-corrected chi connectivity index (χ3v) is 7.40. The highest BCUT2D eigenvalue weighted by Crippen LogP contribution is 2.60. The minimum Gasteiger partial charge on any atom is -0.275 e. The molecule has 1 aromatic carbocycles. The highest BCUT2D eigenvalue weighted by Gasteiger charge is 2.52. The lowest BCUT2D eigenvalue weighted by Crippen LogP contribution is -2.49. The molecule has 5 heteroatoms. The minimum absolute atomic E-state index is 0.212. The number of aromatic nitrogens is 4. The van der Waals surface area contributed by atoms with Crippen molar-refractivity contribution in [2.24, 2.45) is 24.8 Å². The van der Waals surface area contributed by atoms with Crippen LogP contribution >= 0.6 is 0 Å². The van der Waals surface area contributed by atoms with Crippen LogP contribution < -0.4 is 0 Å². The Bertz CT molecular complexity index is 1050. The number of nitrogens with zero attached hydrogens (tertiary/aromatic N) is 4. The van der Waals surface area contributed by atoms with Gasteiger partial charge >= 0.3 is 0 Å². The Morgan fingerprint density at radius 2 is 1.66 bits per heavy atom. The number of rotatable bonds is 3. The van der Waals surface area contributed by atoms with Crippen LogP contribution in [-0.4, -0.2) is 19.7 Å². The van der Waals surface area contributed by atoms with Gasteiger partial charge in [0.2, 0.25) is 0 Å². The number of halogens is 1. The van der Waals surface area contributed by atoms with Gasteiger partial charge in [0.1, 0.15) is 5.82 Å². The Morgan fingerprint density at radius 1 is 0.966 bits per heavy atom. The fourth-order valence-corrected chi connectivity index (χ4v) is 6.65. The lowest BCUT2D eigenvalue weighted by atomic mass is 9.49. The molecule has 0 radical (unpaired) electrons. The predicted octanol–water partition coefficient (Wildman–Crippen LogP) is 5.15. The van der Waals surface area contributed by atoms with Crippen LogP contribution in [0.2, 0.25) is 0 Å². The Hall–Kier alpha value is -2.56. The first-order valence-corrected chi connectivity index (χ1v) is 10.7. The van der Waals surface area contributed by atoms with E-state index in [-0.39, 0.29) is 11.2 Å². The van der Waals surface area contributed by atoms with Crippen LogP contribution in [0.1, 0.15) is 44.2 Å². The van der Waals surface area contributed by atoms with Crippen molar-refractivity contribution in [2.45, 2.75) is 43.9 Å². The van der Waals surface area contributed by atoms with Crippen LogP contribution in [0, 0.1) is 23.6 Å². The van der Waals surface area contributed by atoms with Gasteiger partial charge in [0, 0.05) is 36.0 Å². The van der Waals surface area contributed by atoms with Gasteiger partial charge < -0.3 is 0 Å². The van der Waals surface area contributed by atoms with Gasteiger partial charge in [0.25, 0.3) is 0 Å². The molecule has 0 amide bonds. The van der Waals surface area contributed by atoms with Gasteiger partial charge in [-0.05, 0) is 86.6 Å². The van der Waals surface area contributed by atoms with E-state index in [1.54, 1.807) is 4.68 Å². The molecule has 4 nitrogen and oxygen atoms in total. The van der Waals surface area contributed by atoms with Crippen LogP contribution in [0.4, 0.5) is 4.39 Å². The Labute approximate surface area is 170 Å². The quantitative estimate of drug-likeness (QED) is 0.623. The van der Waals surface area contributed by atoms with E-state index >= 15 is 0 Å². The molecule has 0 atom stereocenters. The summed E-state index contributed by atoms with van der Waals surface area (Å²) in [5.41, 5.74) is 3.61. The summed E-state index contributed by atoms with van der Waals surface area (Å²) in [6, 6.07) is 9.01. The number of aryl methyl sites for hydroxylation is 1. The zero-order valence-electron chi connectivity index (χ0n) is 16.7. The first-order valence-electron chi connectivity index (χ1n) is 10.7. The van der Waals surface area contributed by atoms with Crippen molar-refractivity contribution in [3.63, 3.8) is 0 Å². The molecule has 4 bridgehead atoms. The summed E-state index contributed by atoms with van der Waals surface area (Å²) >= 11 is 0. The summed E-state index contributed by atoms with van der Waals surface area (Å²) in [6.45, 7) is 0. The zero-order chi connectivity index (χ0) is 19.6. The van der Waals surface area contributed by atoms with E-state index in [1.807, 2.05) is 31.6 Å². The van der Waals surface area contributed by atoms with Crippen molar-refractivity contribution in [2.75, 3.05) is 0 Å². The molecular formula is C24H25FN4. The summed E-state index contributed by atoms with van der Waals surface area (Å²) in [5.74, 6) is 2.93. The average Bonchev–Trinajstić information content (AvgIpc) is 3.13. The van der Waals surface area contributed by atoms with Crippen LogP contribution in [-0.2, 0) is 12.5 Å². The predicted molar refractivity (Wildman–Crippen MR) is 109 cm³/mol. The van der Waals surface area contributed by atoms with Gasteiger partial charge in [0.15, 0.2) is 5.82 Å². The number of hydrogen-bond donors (Lipinski definition) is 0. The van der Waals surface area contributed by atoms with Crippen molar-refractivity contribution < 1.29 is 4.39 Å². The first-order chi connectivity index (χ1) is 14.1. The first kappa shape index (κ1) is 17.3. The third kappa shape index (κ3) is 2.90. The van der Waals surface area contributed by atoms with E-state index in [1.165, 1.54) is 56.4 Å². The lowest BCUT2D eigenvalue weighted by molar-refractivity contribution is -0.00720. The molecular weight excluding hydrogens is 363 g/mol. The van der Waals surface area contributed by atoms with Crippen molar-refractivity contribution in [1.82, 2.24) is 19.7 Å². The third-order valence-electron chi connectivity index (χ3n) is 7.40. The molecule has 4 saturated carbocycles. The second kappa shape index (κ2) is 6.22. The van der Waals surface area contributed by atoms with Gasteiger partial charge in [-0.15, -0.1) is 0 Å². The average molecular weight is 388 g/mol. The maximum Gasteiger partial charge on any atom is 0.159 e. The topological polar surface area (TPSA) is 43.6 Å². The molecule has 4 aliphatic rings. The largest absolute Gasteiger partial charge is 0.275 e. The molecule has 2 heterocycles. The molecule has 0 saturated heterocycles.